The molecular formula is C12H11BrINS. The molecule has 84 valence electrons. The van der Waals surface area contributed by atoms with Crippen molar-refractivity contribution in [3.63, 3.8) is 0 Å². The maximum atomic E-state index is 6.30. The maximum absolute atomic E-state index is 6.30. The summed E-state index contributed by atoms with van der Waals surface area (Å²) < 4.78 is 2.35. The molecule has 16 heavy (non-hydrogen) atoms. The maximum Gasteiger partial charge on any atom is 0.0581 e. The summed E-state index contributed by atoms with van der Waals surface area (Å²) in [5.41, 5.74) is 9.94. The minimum absolute atomic E-state index is 0.0487. The molecule has 4 heteroatoms. The highest BCUT2D eigenvalue weighted by Crippen LogP contribution is 2.32. The number of nitrogens with two attached hydrogens (primary N) is 1. The van der Waals surface area contributed by atoms with Gasteiger partial charge < -0.3 is 5.73 Å². The summed E-state index contributed by atoms with van der Waals surface area (Å²) in [4.78, 5) is 0. The first-order chi connectivity index (χ1) is 7.61. The molecule has 0 fully saturated rings. The molecule has 1 atom stereocenters. The van der Waals surface area contributed by atoms with Crippen LogP contribution in [-0.2, 0) is 0 Å². The molecule has 0 saturated heterocycles. The predicted octanol–water partition coefficient (Wildman–Crippen LogP) is 4.47. The normalized spacial score (nSPS) is 12.8. The minimum Gasteiger partial charge on any atom is -0.320 e. The third kappa shape index (κ3) is 2.34. The van der Waals surface area contributed by atoms with Gasteiger partial charge in [-0.2, -0.15) is 11.3 Å². The second-order valence-corrected chi connectivity index (χ2v) is 6.31. The molecule has 1 aromatic carbocycles. The average molecular weight is 408 g/mol. The Hall–Kier alpha value is 0.0900. The van der Waals surface area contributed by atoms with Crippen LogP contribution in [0.2, 0.25) is 0 Å². The van der Waals surface area contributed by atoms with E-state index in [0.717, 1.165) is 10.0 Å². The molecule has 1 nitrogen and oxygen atoms in total. The van der Waals surface area contributed by atoms with Crippen LogP contribution >= 0.6 is 49.9 Å². The molecule has 1 aromatic heterocycles. The van der Waals surface area contributed by atoms with Gasteiger partial charge in [0.1, 0.15) is 0 Å². The Bertz CT molecular complexity index is 509. The van der Waals surface area contributed by atoms with Crippen molar-refractivity contribution in [2.75, 3.05) is 0 Å². The van der Waals surface area contributed by atoms with Crippen molar-refractivity contribution < 1.29 is 0 Å². The summed E-state index contributed by atoms with van der Waals surface area (Å²) in [5, 5.41) is 4.17. The lowest BCUT2D eigenvalue weighted by molar-refractivity contribution is 0.863. The van der Waals surface area contributed by atoms with Crippen LogP contribution in [0.3, 0.4) is 0 Å². The average Bonchev–Trinajstić information content (AvgIpc) is 2.68. The van der Waals surface area contributed by atoms with Crippen LogP contribution in [0.15, 0.2) is 33.4 Å². The molecule has 0 aliphatic carbocycles. The van der Waals surface area contributed by atoms with Crippen molar-refractivity contribution >= 4 is 49.9 Å². The van der Waals surface area contributed by atoms with Crippen molar-refractivity contribution in [1.29, 1.82) is 0 Å². The molecule has 0 aliphatic heterocycles. The number of benzene rings is 1. The quantitative estimate of drug-likeness (QED) is 0.730. The molecule has 2 rings (SSSR count). The van der Waals surface area contributed by atoms with Gasteiger partial charge in [0.15, 0.2) is 0 Å². The molecule has 0 bridgehead atoms. The van der Waals surface area contributed by atoms with Crippen molar-refractivity contribution in [3.8, 4) is 0 Å². The number of hydrogen-bond acceptors (Lipinski definition) is 2. The second kappa shape index (κ2) is 5.16. The van der Waals surface area contributed by atoms with Crippen molar-refractivity contribution in [2.24, 2.45) is 5.73 Å². The van der Waals surface area contributed by atoms with Gasteiger partial charge >= 0.3 is 0 Å². The third-order valence-electron chi connectivity index (χ3n) is 2.53. The molecular weight excluding hydrogens is 397 g/mol. The Morgan fingerprint density at radius 1 is 1.31 bits per heavy atom. The minimum atomic E-state index is -0.0487. The standard InChI is InChI=1S/C12H11BrINS/c1-7-3-2-4-8(11(7)14)12(15)9-5-16-6-10(9)13/h2-6,12H,15H2,1H3. The summed E-state index contributed by atoms with van der Waals surface area (Å²) >= 11 is 7.57. The van der Waals surface area contributed by atoms with E-state index in [4.69, 9.17) is 5.73 Å². The number of hydrogen-bond donors (Lipinski definition) is 1. The second-order valence-electron chi connectivity index (χ2n) is 3.63. The van der Waals surface area contributed by atoms with Crippen LogP contribution in [0.4, 0.5) is 0 Å². The van der Waals surface area contributed by atoms with E-state index in [1.54, 1.807) is 11.3 Å². The smallest absolute Gasteiger partial charge is 0.0581 e. The fourth-order valence-corrected chi connectivity index (χ4v) is 3.87. The van der Waals surface area contributed by atoms with Gasteiger partial charge in [-0.05, 0) is 67.5 Å². The van der Waals surface area contributed by atoms with Crippen LogP contribution in [0, 0.1) is 10.5 Å². The molecule has 0 amide bonds. The molecule has 1 heterocycles. The lowest BCUT2D eigenvalue weighted by Crippen LogP contribution is -2.13. The Balaban J connectivity index is 2.46. The van der Waals surface area contributed by atoms with Crippen LogP contribution < -0.4 is 5.73 Å². The van der Waals surface area contributed by atoms with Crippen molar-refractivity contribution in [3.05, 3.63) is 53.7 Å². The lowest BCUT2D eigenvalue weighted by Gasteiger charge is -2.15. The Labute approximate surface area is 121 Å². The fourth-order valence-electron chi connectivity index (χ4n) is 1.59. The van der Waals surface area contributed by atoms with Crippen LogP contribution in [0.5, 0.6) is 0 Å². The van der Waals surface area contributed by atoms with Gasteiger partial charge in [0.2, 0.25) is 0 Å². The summed E-state index contributed by atoms with van der Waals surface area (Å²) in [6.07, 6.45) is 0. The van der Waals surface area contributed by atoms with Gasteiger partial charge in [0, 0.05) is 13.4 Å². The molecule has 0 radical (unpaired) electrons. The summed E-state index contributed by atoms with van der Waals surface area (Å²) in [6.45, 7) is 2.11. The van der Waals surface area contributed by atoms with E-state index >= 15 is 0 Å². The van der Waals surface area contributed by atoms with E-state index in [0.29, 0.717) is 0 Å². The number of rotatable bonds is 2. The van der Waals surface area contributed by atoms with E-state index in [9.17, 15) is 0 Å². The zero-order valence-electron chi connectivity index (χ0n) is 8.71. The first-order valence-corrected chi connectivity index (χ1v) is 7.65. The molecule has 2 aromatic rings. The van der Waals surface area contributed by atoms with Crippen LogP contribution in [-0.4, -0.2) is 0 Å². The Morgan fingerprint density at radius 3 is 2.69 bits per heavy atom. The molecule has 0 spiro atoms. The highest BCUT2D eigenvalue weighted by Gasteiger charge is 2.16. The highest BCUT2D eigenvalue weighted by atomic mass is 127. The first kappa shape index (κ1) is 12.5. The number of halogens is 2. The fraction of sp³-hybridized carbons (Fsp3) is 0.167. The SMILES string of the molecule is Cc1cccc(C(N)c2cscc2Br)c1I. The molecule has 1 unspecified atom stereocenters. The van der Waals surface area contributed by atoms with Gasteiger partial charge in [0.05, 0.1) is 6.04 Å². The lowest BCUT2D eigenvalue weighted by atomic mass is 10.0. The van der Waals surface area contributed by atoms with Crippen molar-refractivity contribution in [2.45, 2.75) is 13.0 Å². The summed E-state index contributed by atoms with van der Waals surface area (Å²) in [7, 11) is 0. The molecule has 0 saturated carbocycles. The first-order valence-electron chi connectivity index (χ1n) is 4.83. The zero-order chi connectivity index (χ0) is 11.7. The highest BCUT2D eigenvalue weighted by molar-refractivity contribution is 14.1. The van der Waals surface area contributed by atoms with E-state index < -0.39 is 0 Å². The molecule has 0 aliphatic rings. The Kier molecular flexibility index (Phi) is 4.05. The van der Waals surface area contributed by atoms with Gasteiger partial charge in [-0.3, -0.25) is 0 Å². The largest absolute Gasteiger partial charge is 0.320 e. The monoisotopic (exact) mass is 407 g/mol. The summed E-state index contributed by atoms with van der Waals surface area (Å²) in [5.74, 6) is 0. The van der Waals surface area contributed by atoms with Gasteiger partial charge in [-0.1, -0.05) is 18.2 Å². The van der Waals surface area contributed by atoms with E-state index in [1.165, 1.54) is 14.7 Å². The summed E-state index contributed by atoms with van der Waals surface area (Å²) in [6, 6.07) is 6.23. The number of thiophene rings is 1. The Morgan fingerprint density at radius 2 is 2.06 bits per heavy atom. The van der Waals surface area contributed by atoms with E-state index in [1.807, 2.05) is 0 Å². The zero-order valence-corrected chi connectivity index (χ0v) is 13.3. The van der Waals surface area contributed by atoms with Crippen molar-refractivity contribution in [1.82, 2.24) is 0 Å². The predicted molar refractivity (Wildman–Crippen MR) is 81.9 cm³/mol. The van der Waals surface area contributed by atoms with Crippen LogP contribution in [0.25, 0.3) is 0 Å². The van der Waals surface area contributed by atoms with Crippen LogP contribution in [0.1, 0.15) is 22.7 Å². The molecule has 2 N–H and O–H groups in total. The number of aryl methyl sites for hydroxylation is 1. The topological polar surface area (TPSA) is 26.0 Å². The van der Waals surface area contributed by atoms with Gasteiger partial charge in [-0.15, -0.1) is 0 Å². The van der Waals surface area contributed by atoms with E-state index in [-0.39, 0.29) is 6.04 Å². The van der Waals surface area contributed by atoms with E-state index in [2.05, 4.69) is 74.4 Å². The van der Waals surface area contributed by atoms with Gasteiger partial charge in [-0.25, -0.2) is 0 Å². The van der Waals surface area contributed by atoms with Gasteiger partial charge in [0.25, 0.3) is 0 Å². The third-order valence-corrected chi connectivity index (χ3v) is 5.76.